The molecule has 0 unspecified atom stereocenters. The van der Waals surface area contributed by atoms with Gasteiger partial charge in [0.2, 0.25) is 0 Å². The number of thiazole rings is 1. The minimum atomic E-state index is -3.75. The van der Waals surface area contributed by atoms with E-state index in [0.717, 1.165) is 58.4 Å². The molecule has 0 spiro atoms. The highest BCUT2D eigenvalue weighted by Crippen LogP contribution is 2.34. The average Bonchev–Trinajstić information content (AvgIpc) is 3.34. The quantitative estimate of drug-likeness (QED) is 0.277. The molecule has 0 radical (unpaired) electrons. The van der Waals surface area contributed by atoms with Crippen molar-refractivity contribution in [2.24, 2.45) is 0 Å². The maximum atomic E-state index is 13.8. The molecule has 0 saturated heterocycles. The number of amides is 1. The predicted octanol–water partition coefficient (Wildman–Crippen LogP) is 5.65. The van der Waals surface area contributed by atoms with Gasteiger partial charge in [0.05, 0.1) is 20.8 Å². The molecule has 7 nitrogen and oxygen atoms in total. The molecule has 5 rings (SSSR count). The van der Waals surface area contributed by atoms with Crippen LogP contribution in [0.25, 0.3) is 10.2 Å². The van der Waals surface area contributed by atoms with Gasteiger partial charge in [-0.3, -0.25) is 14.0 Å². The lowest BCUT2D eigenvalue weighted by atomic mass is 10.0. The Balaban J connectivity index is 1.44. The second-order valence-electron chi connectivity index (χ2n) is 10.4. The minimum Gasteiger partial charge on any atom is -0.309 e. The standard InChI is InChI=1S/C30H34N4O3S2/c1-21-19-22(2)28-27(20-21)38-30(31-28)33(17-8-16-32(3)4)29(35)24-12-14-25(15-13-24)39(36,37)34-18-7-10-23-9-5-6-11-26(23)34/h5-6,9,11-15,19-20H,7-8,10,16-18H2,1-4H3. The molecule has 39 heavy (non-hydrogen) atoms. The number of para-hydroxylation sites is 1. The summed E-state index contributed by atoms with van der Waals surface area (Å²) < 4.78 is 29.7. The van der Waals surface area contributed by atoms with Crippen molar-refractivity contribution in [1.82, 2.24) is 9.88 Å². The molecule has 0 bridgehead atoms. The van der Waals surface area contributed by atoms with Crippen molar-refractivity contribution in [1.29, 1.82) is 0 Å². The number of carbonyl (C=O) groups is 1. The fourth-order valence-corrected chi connectivity index (χ4v) is 7.81. The lowest BCUT2D eigenvalue weighted by Crippen LogP contribution is -2.35. The summed E-state index contributed by atoms with van der Waals surface area (Å²) in [6.45, 7) is 5.89. The smallest absolute Gasteiger partial charge is 0.264 e. The molecule has 1 aliphatic heterocycles. The Kier molecular flexibility index (Phi) is 7.75. The second kappa shape index (κ2) is 11.1. The highest BCUT2D eigenvalue weighted by Gasteiger charge is 2.29. The largest absolute Gasteiger partial charge is 0.309 e. The van der Waals surface area contributed by atoms with E-state index in [0.29, 0.717) is 23.8 Å². The number of carbonyl (C=O) groups excluding carboxylic acids is 1. The van der Waals surface area contributed by atoms with Crippen molar-refractivity contribution in [2.45, 2.75) is 38.0 Å². The zero-order valence-corrected chi connectivity index (χ0v) is 24.5. The van der Waals surface area contributed by atoms with E-state index in [9.17, 15) is 13.2 Å². The molecule has 0 fully saturated rings. The number of benzene rings is 3. The first kappa shape index (κ1) is 27.3. The van der Waals surface area contributed by atoms with E-state index < -0.39 is 10.0 Å². The SMILES string of the molecule is Cc1cc(C)c2nc(N(CCCN(C)C)C(=O)c3ccc(S(=O)(=O)N4CCCc5ccccc54)cc3)sc2c1. The molecule has 1 aliphatic rings. The number of hydrogen-bond donors (Lipinski definition) is 0. The molecule has 1 aromatic heterocycles. The Labute approximate surface area is 234 Å². The third-order valence-electron chi connectivity index (χ3n) is 7.04. The van der Waals surface area contributed by atoms with Gasteiger partial charge in [-0.15, -0.1) is 0 Å². The van der Waals surface area contributed by atoms with E-state index in [1.54, 1.807) is 29.2 Å². The van der Waals surface area contributed by atoms with Crippen LogP contribution in [0, 0.1) is 13.8 Å². The highest BCUT2D eigenvalue weighted by molar-refractivity contribution is 7.92. The van der Waals surface area contributed by atoms with Crippen molar-refractivity contribution in [3.05, 3.63) is 82.9 Å². The average molecular weight is 563 g/mol. The maximum Gasteiger partial charge on any atom is 0.264 e. The molecule has 0 saturated carbocycles. The summed E-state index contributed by atoms with van der Waals surface area (Å²) in [5.74, 6) is -0.186. The molecule has 0 N–H and O–H groups in total. The van der Waals surface area contributed by atoms with Crippen LogP contribution in [0.3, 0.4) is 0 Å². The number of rotatable bonds is 8. The highest BCUT2D eigenvalue weighted by atomic mass is 32.2. The molecule has 9 heteroatoms. The Hall–Kier alpha value is -3.27. The minimum absolute atomic E-state index is 0.181. The van der Waals surface area contributed by atoms with Crippen LogP contribution in [0.15, 0.2) is 65.6 Å². The van der Waals surface area contributed by atoms with Crippen LogP contribution < -0.4 is 9.21 Å². The maximum absolute atomic E-state index is 13.8. The summed E-state index contributed by atoms with van der Waals surface area (Å²) in [7, 11) is 0.272. The van der Waals surface area contributed by atoms with Gasteiger partial charge in [0.25, 0.3) is 15.9 Å². The molecule has 0 aliphatic carbocycles. The van der Waals surface area contributed by atoms with Gasteiger partial charge >= 0.3 is 0 Å². The Morgan fingerprint density at radius 2 is 1.77 bits per heavy atom. The fraction of sp³-hybridized carbons (Fsp3) is 0.333. The lowest BCUT2D eigenvalue weighted by molar-refractivity contribution is 0.0986. The predicted molar refractivity (Wildman–Crippen MR) is 160 cm³/mol. The fourth-order valence-electron chi connectivity index (χ4n) is 5.10. The normalized spacial score (nSPS) is 13.6. The first-order valence-corrected chi connectivity index (χ1v) is 15.5. The van der Waals surface area contributed by atoms with E-state index in [-0.39, 0.29) is 10.8 Å². The van der Waals surface area contributed by atoms with Gasteiger partial charge in [-0.25, -0.2) is 13.4 Å². The zero-order valence-electron chi connectivity index (χ0n) is 22.8. The van der Waals surface area contributed by atoms with E-state index in [1.807, 2.05) is 45.3 Å². The van der Waals surface area contributed by atoms with Crippen molar-refractivity contribution >= 4 is 48.3 Å². The van der Waals surface area contributed by atoms with Gasteiger partial charge in [-0.05, 0) is 107 Å². The number of anilines is 2. The third-order valence-corrected chi connectivity index (χ3v) is 9.89. The van der Waals surface area contributed by atoms with Gasteiger partial charge in [0.15, 0.2) is 5.13 Å². The summed E-state index contributed by atoms with van der Waals surface area (Å²) in [6.07, 6.45) is 2.42. The first-order chi connectivity index (χ1) is 18.6. The lowest BCUT2D eigenvalue weighted by Gasteiger charge is -2.30. The molecular formula is C30H34N4O3S2. The van der Waals surface area contributed by atoms with E-state index >= 15 is 0 Å². The summed E-state index contributed by atoms with van der Waals surface area (Å²) in [6, 6.07) is 18.2. The molecule has 0 atom stereocenters. The molecule has 2 heterocycles. The van der Waals surface area contributed by atoms with E-state index in [2.05, 4.69) is 24.0 Å². The van der Waals surface area contributed by atoms with Crippen LogP contribution in [0.1, 0.15) is 39.9 Å². The van der Waals surface area contributed by atoms with Crippen molar-refractivity contribution in [3.8, 4) is 0 Å². The monoisotopic (exact) mass is 562 g/mol. The summed E-state index contributed by atoms with van der Waals surface area (Å²) >= 11 is 1.51. The third kappa shape index (κ3) is 5.57. The van der Waals surface area contributed by atoms with Gasteiger partial charge in [0.1, 0.15) is 0 Å². The molecular weight excluding hydrogens is 528 g/mol. The van der Waals surface area contributed by atoms with Gasteiger partial charge in [0, 0.05) is 18.7 Å². The van der Waals surface area contributed by atoms with Gasteiger partial charge in [-0.2, -0.15) is 0 Å². The van der Waals surface area contributed by atoms with Gasteiger partial charge < -0.3 is 4.90 Å². The molecule has 3 aromatic carbocycles. The van der Waals surface area contributed by atoms with Crippen LogP contribution in [0.5, 0.6) is 0 Å². The number of sulfonamides is 1. The zero-order chi connectivity index (χ0) is 27.7. The second-order valence-corrected chi connectivity index (χ2v) is 13.2. The number of fused-ring (bicyclic) bond motifs is 2. The van der Waals surface area contributed by atoms with Crippen LogP contribution in [-0.2, 0) is 16.4 Å². The number of nitrogens with zero attached hydrogens (tertiary/aromatic N) is 4. The summed E-state index contributed by atoms with van der Waals surface area (Å²) in [4.78, 5) is 22.6. The van der Waals surface area contributed by atoms with Gasteiger partial charge in [-0.1, -0.05) is 35.6 Å². The number of hydrogen-bond acceptors (Lipinski definition) is 6. The van der Waals surface area contributed by atoms with Crippen LogP contribution in [0.4, 0.5) is 10.8 Å². The van der Waals surface area contributed by atoms with Crippen molar-refractivity contribution < 1.29 is 13.2 Å². The number of aromatic nitrogens is 1. The number of aryl methyl sites for hydroxylation is 3. The van der Waals surface area contributed by atoms with Crippen LogP contribution in [0.2, 0.25) is 0 Å². The Morgan fingerprint density at radius 3 is 2.51 bits per heavy atom. The van der Waals surface area contributed by atoms with E-state index in [4.69, 9.17) is 4.98 Å². The van der Waals surface area contributed by atoms with Crippen molar-refractivity contribution in [2.75, 3.05) is 42.9 Å². The summed E-state index contributed by atoms with van der Waals surface area (Å²) in [5.41, 5.74) is 5.36. The van der Waals surface area contributed by atoms with Crippen LogP contribution >= 0.6 is 11.3 Å². The molecule has 204 valence electrons. The van der Waals surface area contributed by atoms with Crippen molar-refractivity contribution in [3.63, 3.8) is 0 Å². The Morgan fingerprint density at radius 1 is 1.03 bits per heavy atom. The molecule has 1 amide bonds. The summed E-state index contributed by atoms with van der Waals surface area (Å²) in [5, 5.41) is 0.657. The molecule has 4 aromatic rings. The Bertz CT molecular complexity index is 1610. The topological polar surface area (TPSA) is 73.8 Å². The van der Waals surface area contributed by atoms with Crippen LogP contribution in [-0.4, -0.2) is 57.9 Å². The first-order valence-electron chi connectivity index (χ1n) is 13.2. The van der Waals surface area contributed by atoms with E-state index in [1.165, 1.54) is 15.6 Å².